The molecule has 1 saturated heterocycles. The number of alkyl halides is 3. The quantitative estimate of drug-likeness (QED) is 0.493. The Hall–Kier alpha value is -3.14. The van der Waals surface area contributed by atoms with Gasteiger partial charge in [-0.15, -0.1) is 0 Å². The molecule has 0 unspecified atom stereocenters. The van der Waals surface area contributed by atoms with Crippen molar-refractivity contribution in [2.45, 2.75) is 43.8 Å². The molecule has 1 N–H and O–H groups in total. The molecule has 2 aromatic heterocycles. The van der Waals surface area contributed by atoms with E-state index < -0.39 is 21.8 Å². The fraction of sp³-hybridized carbons (Fsp3) is 0.333. The molecule has 1 aromatic carbocycles. The lowest BCUT2D eigenvalue weighted by Gasteiger charge is -2.27. The van der Waals surface area contributed by atoms with E-state index >= 15 is 0 Å². The van der Waals surface area contributed by atoms with Gasteiger partial charge in [-0.3, -0.25) is 4.72 Å². The number of hydrogen-bond donors (Lipinski definition) is 1. The fourth-order valence-corrected chi connectivity index (χ4v) is 5.02. The highest BCUT2D eigenvalue weighted by Crippen LogP contribution is 2.38. The maximum atomic E-state index is 13.7. The number of benzene rings is 1. The second kappa shape index (κ2) is 9.61. The Morgan fingerprint density at radius 3 is 2.38 bits per heavy atom. The number of pyridine rings is 2. The van der Waals surface area contributed by atoms with Gasteiger partial charge in [-0.25, -0.2) is 9.97 Å². The molecule has 1 aliphatic rings. The van der Waals surface area contributed by atoms with Crippen LogP contribution in [0.25, 0.3) is 11.3 Å². The van der Waals surface area contributed by atoms with Crippen LogP contribution in [0.4, 0.5) is 24.8 Å². The molecule has 0 spiro atoms. The van der Waals surface area contributed by atoms with Crippen LogP contribution < -0.4 is 9.62 Å². The zero-order valence-corrected chi connectivity index (χ0v) is 19.5. The second-order valence-electron chi connectivity index (χ2n) is 8.09. The third-order valence-electron chi connectivity index (χ3n) is 5.76. The van der Waals surface area contributed by atoms with Gasteiger partial charge in [0, 0.05) is 18.7 Å². The van der Waals surface area contributed by atoms with Crippen LogP contribution in [0.15, 0.2) is 59.6 Å². The van der Waals surface area contributed by atoms with Gasteiger partial charge in [0.05, 0.1) is 11.3 Å². The van der Waals surface area contributed by atoms with Crippen LogP contribution >= 0.6 is 0 Å². The molecule has 0 atom stereocenters. The van der Waals surface area contributed by atoms with Gasteiger partial charge in [-0.1, -0.05) is 37.3 Å². The molecule has 4 rings (SSSR count). The van der Waals surface area contributed by atoms with Crippen LogP contribution in [0.3, 0.4) is 0 Å². The van der Waals surface area contributed by atoms with Crippen molar-refractivity contribution in [3.63, 3.8) is 0 Å². The first-order chi connectivity index (χ1) is 16.2. The standard InChI is InChI=1S/C24H25F3N4O2S/c1-2-17-9-4-5-10-18(17)23-19(24(25,26)27)13-14-20(28-23)30-34(32,33)22-12-8-11-21(29-22)31-15-6-3-7-16-31/h4-5,8-14H,2-3,6-7,15-16H2,1H3,(H,28,30). The summed E-state index contributed by atoms with van der Waals surface area (Å²) >= 11 is 0. The zero-order chi connectivity index (χ0) is 24.3. The number of nitrogens with one attached hydrogen (secondary N) is 1. The van der Waals surface area contributed by atoms with E-state index in [4.69, 9.17) is 0 Å². The largest absolute Gasteiger partial charge is 0.418 e. The van der Waals surface area contributed by atoms with E-state index in [2.05, 4.69) is 14.7 Å². The van der Waals surface area contributed by atoms with Gasteiger partial charge in [0.2, 0.25) is 0 Å². The van der Waals surface area contributed by atoms with Crippen LogP contribution in [-0.2, 0) is 22.6 Å². The van der Waals surface area contributed by atoms with Gasteiger partial charge in [0.25, 0.3) is 10.0 Å². The Balaban J connectivity index is 1.70. The smallest absolute Gasteiger partial charge is 0.357 e. The van der Waals surface area contributed by atoms with Crippen molar-refractivity contribution < 1.29 is 21.6 Å². The molecule has 180 valence electrons. The average molecular weight is 491 g/mol. The summed E-state index contributed by atoms with van der Waals surface area (Å²) in [6.07, 6.45) is -1.01. The van der Waals surface area contributed by atoms with Gasteiger partial charge in [0.1, 0.15) is 11.6 Å². The van der Waals surface area contributed by atoms with E-state index in [1.807, 2.05) is 11.8 Å². The van der Waals surface area contributed by atoms with Gasteiger partial charge in [-0.05, 0) is 55.5 Å². The number of aromatic nitrogens is 2. The minimum Gasteiger partial charge on any atom is -0.357 e. The molecule has 0 radical (unpaired) electrons. The first-order valence-corrected chi connectivity index (χ1v) is 12.6. The summed E-state index contributed by atoms with van der Waals surface area (Å²) in [6, 6.07) is 13.2. The van der Waals surface area contributed by atoms with Crippen molar-refractivity contribution >= 4 is 21.7 Å². The summed E-state index contributed by atoms with van der Waals surface area (Å²) in [5.41, 5.74) is -0.262. The minimum atomic E-state index is -4.65. The Labute approximate surface area is 196 Å². The predicted molar refractivity (Wildman–Crippen MR) is 125 cm³/mol. The number of rotatable bonds is 6. The van der Waals surface area contributed by atoms with E-state index in [1.54, 1.807) is 36.4 Å². The molecule has 6 nitrogen and oxygen atoms in total. The van der Waals surface area contributed by atoms with Crippen LogP contribution in [0.1, 0.15) is 37.3 Å². The number of halogens is 3. The van der Waals surface area contributed by atoms with E-state index in [0.717, 1.165) is 44.5 Å². The maximum Gasteiger partial charge on any atom is 0.418 e. The van der Waals surface area contributed by atoms with Crippen molar-refractivity contribution in [2.75, 3.05) is 22.7 Å². The monoisotopic (exact) mass is 490 g/mol. The highest BCUT2D eigenvalue weighted by molar-refractivity contribution is 7.92. The fourth-order valence-electron chi connectivity index (χ4n) is 4.05. The number of hydrogen-bond acceptors (Lipinski definition) is 5. The molecule has 1 aliphatic heterocycles. The molecular formula is C24H25F3N4O2S. The van der Waals surface area contributed by atoms with E-state index in [-0.39, 0.29) is 16.5 Å². The number of sulfonamides is 1. The van der Waals surface area contributed by atoms with Crippen LogP contribution in [0.2, 0.25) is 0 Å². The summed E-state index contributed by atoms with van der Waals surface area (Å²) in [6.45, 7) is 3.43. The van der Waals surface area contributed by atoms with Crippen LogP contribution in [-0.4, -0.2) is 31.5 Å². The molecule has 0 saturated carbocycles. The number of nitrogens with zero attached hydrogens (tertiary/aromatic N) is 3. The van der Waals surface area contributed by atoms with Crippen LogP contribution in [0, 0.1) is 0 Å². The van der Waals surface area contributed by atoms with Crippen molar-refractivity contribution in [3.05, 3.63) is 65.7 Å². The molecule has 0 aliphatic carbocycles. The normalized spacial score (nSPS) is 14.8. The van der Waals surface area contributed by atoms with Crippen LogP contribution in [0.5, 0.6) is 0 Å². The summed E-state index contributed by atoms with van der Waals surface area (Å²) < 4.78 is 69.6. The topological polar surface area (TPSA) is 75.2 Å². The number of aryl methyl sites for hydroxylation is 1. The van der Waals surface area contributed by atoms with Gasteiger partial charge >= 0.3 is 6.18 Å². The SMILES string of the molecule is CCc1ccccc1-c1nc(NS(=O)(=O)c2cccc(N3CCCCC3)n2)ccc1C(F)(F)F. The maximum absolute atomic E-state index is 13.7. The summed E-state index contributed by atoms with van der Waals surface area (Å²) in [7, 11) is -4.17. The average Bonchev–Trinajstić information content (AvgIpc) is 2.83. The first-order valence-electron chi connectivity index (χ1n) is 11.1. The summed E-state index contributed by atoms with van der Waals surface area (Å²) in [4.78, 5) is 10.4. The van der Waals surface area contributed by atoms with Gasteiger partial charge < -0.3 is 4.90 Å². The van der Waals surface area contributed by atoms with Crippen molar-refractivity contribution in [1.82, 2.24) is 9.97 Å². The molecular weight excluding hydrogens is 465 g/mol. The van der Waals surface area contributed by atoms with E-state index in [1.165, 1.54) is 6.07 Å². The highest BCUT2D eigenvalue weighted by atomic mass is 32.2. The van der Waals surface area contributed by atoms with Crippen molar-refractivity contribution in [3.8, 4) is 11.3 Å². The third-order valence-corrected chi connectivity index (χ3v) is 7.01. The number of piperidine rings is 1. The van der Waals surface area contributed by atoms with Gasteiger partial charge in [-0.2, -0.15) is 21.6 Å². The van der Waals surface area contributed by atoms with E-state index in [0.29, 0.717) is 23.4 Å². The summed E-state index contributed by atoms with van der Waals surface area (Å²) in [5.74, 6) is 0.347. The summed E-state index contributed by atoms with van der Waals surface area (Å²) in [5, 5.41) is -0.215. The lowest BCUT2D eigenvalue weighted by atomic mass is 9.98. The molecule has 10 heteroatoms. The lowest BCUT2D eigenvalue weighted by Crippen LogP contribution is -2.30. The first kappa shape index (κ1) is 24.0. The number of anilines is 2. The Bertz CT molecular complexity index is 1270. The molecule has 1 fully saturated rings. The van der Waals surface area contributed by atoms with Gasteiger partial charge in [0.15, 0.2) is 5.03 Å². The Morgan fingerprint density at radius 2 is 1.68 bits per heavy atom. The highest BCUT2D eigenvalue weighted by Gasteiger charge is 2.35. The lowest BCUT2D eigenvalue weighted by molar-refractivity contribution is -0.137. The molecule has 0 amide bonds. The molecule has 34 heavy (non-hydrogen) atoms. The molecule has 3 aromatic rings. The zero-order valence-electron chi connectivity index (χ0n) is 18.6. The molecule has 3 heterocycles. The van der Waals surface area contributed by atoms with Crippen molar-refractivity contribution in [1.29, 1.82) is 0 Å². The third kappa shape index (κ3) is 5.16. The van der Waals surface area contributed by atoms with E-state index in [9.17, 15) is 21.6 Å². The molecule has 0 bridgehead atoms. The van der Waals surface area contributed by atoms with Crippen molar-refractivity contribution in [2.24, 2.45) is 0 Å². The minimum absolute atomic E-state index is 0.209. The second-order valence-corrected chi connectivity index (χ2v) is 9.72. The Kier molecular flexibility index (Phi) is 6.79. The Morgan fingerprint density at radius 1 is 0.941 bits per heavy atom. The predicted octanol–water partition coefficient (Wildman–Crippen LogP) is 5.52.